The Morgan fingerprint density at radius 1 is 0.482 bits per heavy atom. The zero-order chi connectivity index (χ0) is 60.8. The molecule has 1 unspecified atom stereocenters. The molecule has 19 atom stereocenters. The first kappa shape index (κ1) is 66.4. The molecule has 1 aromatic rings. The van der Waals surface area contributed by atoms with Gasteiger partial charge in [-0.2, -0.15) is 0 Å². The lowest BCUT2D eigenvalue weighted by Gasteiger charge is -2.62. The van der Waals surface area contributed by atoms with Crippen LogP contribution in [0.1, 0.15) is 283 Å². The summed E-state index contributed by atoms with van der Waals surface area (Å²) in [5.41, 5.74) is -0.231. The van der Waals surface area contributed by atoms with E-state index < -0.39 is 37.5 Å². The van der Waals surface area contributed by atoms with Gasteiger partial charge in [-0.3, -0.25) is 0 Å². The Kier molecular flexibility index (Phi) is 19.2. The van der Waals surface area contributed by atoms with Crippen LogP contribution in [-0.2, 0) is 9.84 Å². The van der Waals surface area contributed by atoms with Gasteiger partial charge in [-0.25, -0.2) is 8.42 Å². The molecule has 476 valence electrons. The van der Waals surface area contributed by atoms with Crippen molar-refractivity contribution in [3.05, 3.63) is 30.3 Å². The summed E-state index contributed by atoms with van der Waals surface area (Å²) in [6, 6.07) is 9.10. The molecule has 0 radical (unpaired) electrons. The maximum absolute atomic E-state index is 14.6. The highest BCUT2D eigenvalue weighted by Crippen LogP contribution is 2.71. The van der Waals surface area contributed by atoms with E-state index in [-0.39, 0.29) is 16.7 Å². The van der Waals surface area contributed by atoms with Gasteiger partial charge in [0, 0.05) is 7.11 Å². The summed E-state index contributed by atoms with van der Waals surface area (Å²) >= 11 is 0. The average Bonchev–Trinajstić information content (AvgIpc) is 2.06. The van der Waals surface area contributed by atoms with E-state index in [1.807, 2.05) is 25.1 Å². The predicted molar refractivity (Wildman–Crippen MR) is 342 cm³/mol. The highest BCUT2D eigenvalue weighted by molar-refractivity contribution is 7.92. The van der Waals surface area contributed by atoms with Gasteiger partial charge in [-0.1, -0.05) is 101 Å². The van der Waals surface area contributed by atoms with Crippen molar-refractivity contribution < 1.29 is 34.0 Å². The highest BCUT2D eigenvalue weighted by atomic mass is 32.2. The Bertz CT molecular complexity index is 2420. The SMILES string of the molecule is CO.C[C@H](C(CC1(O)CCC(C(C)(C)C)CC1)S(=O)(=O)c1ccccc1)[C@H]1CC[C@H]2[C@@H]3CC[C@H]4C[C@@](C)(O)CC[C@]4(C)[C@H]3CC[C@]12C.C[C@H](CCC1(O)CCC(C(C)(C)C)CC1)[C@H]1CC[C@H]2[C@@H]3CC[C@H]4C[C@@](C)(O)CC[C@]4(C)[C@H]3CC[C@]12C. The van der Waals surface area contributed by atoms with Crippen LogP contribution >= 0.6 is 0 Å². The number of sulfone groups is 1. The van der Waals surface area contributed by atoms with Gasteiger partial charge in [0.05, 0.1) is 32.5 Å². The van der Waals surface area contributed by atoms with Gasteiger partial charge in [-0.05, 0) is 328 Å². The molecule has 0 spiro atoms. The number of aliphatic hydroxyl groups excluding tert-OH is 1. The second-order valence-electron chi connectivity index (χ2n) is 35.9. The maximum Gasteiger partial charge on any atom is 0.181 e. The third-order valence-electron chi connectivity index (χ3n) is 29.4. The van der Waals surface area contributed by atoms with Crippen LogP contribution in [0.2, 0.25) is 0 Å². The lowest BCUT2D eigenvalue weighted by molar-refractivity contribution is -0.148. The molecule has 1 aromatic carbocycles. The number of fused-ring (bicyclic) bond motifs is 10. The molecule has 0 aromatic heterocycles. The summed E-state index contributed by atoms with van der Waals surface area (Å²) < 4.78 is 29.2. The van der Waals surface area contributed by atoms with Crippen LogP contribution in [0.5, 0.6) is 0 Å². The van der Waals surface area contributed by atoms with E-state index in [9.17, 15) is 28.8 Å². The van der Waals surface area contributed by atoms with Crippen LogP contribution in [-0.4, -0.2) is 68.7 Å². The molecule has 10 aliphatic rings. The molecule has 8 heteroatoms. The number of hydrogen-bond acceptors (Lipinski definition) is 7. The van der Waals surface area contributed by atoms with E-state index in [0.29, 0.717) is 75.4 Å². The third kappa shape index (κ3) is 12.9. The van der Waals surface area contributed by atoms with Crippen LogP contribution in [0.4, 0.5) is 0 Å². The molecule has 7 nitrogen and oxygen atoms in total. The fourth-order valence-electron chi connectivity index (χ4n) is 23.9. The van der Waals surface area contributed by atoms with Crippen LogP contribution in [0.25, 0.3) is 0 Å². The van der Waals surface area contributed by atoms with Gasteiger partial charge in [0.1, 0.15) is 0 Å². The van der Waals surface area contributed by atoms with Gasteiger partial charge in [0.25, 0.3) is 0 Å². The lowest BCUT2D eigenvalue weighted by Crippen LogP contribution is -2.56. The summed E-state index contributed by atoms with van der Waals surface area (Å²) in [7, 11) is -2.63. The van der Waals surface area contributed by atoms with E-state index >= 15 is 0 Å². The van der Waals surface area contributed by atoms with Crippen molar-refractivity contribution in [1.29, 1.82) is 0 Å². The fraction of sp³-hybridized carbons (Fsp3) is 0.920. The molecule has 0 saturated heterocycles. The van der Waals surface area contributed by atoms with Crippen molar-refractivity contribution in [2.75, 3.05) is 7.11 Å². The average molecular weight is 1170 g/mol. The Morgan fingerprint density at radius 3 is 1.34 bits per heavy atom. The van der Waals surface area contributed by atoms with E-state index in [1.165, 1.54) is 96.3 Å². The van der Waals surface area contributed by atoms with Gasteiger partial charge in [-0.15, -0.1) is 0 Å². The van der Waals surface area contributed by atoms with Gasteiger partial charge < -0.3 is 25.5 Å². The second kappa shape index (κ2) is 24.0. The van der Waals surface area contributed by atoms with E-state index in [4.69, 9.17) is 5.11 Å². The molecule has 0 bridgehead atoms. The van der Waals surface area contributed by atoms with Gasteiger partial charge in [0.15, 0.2) is 9.84 Å². The summed E-state index contributed by atoms with van der Waals surface area (Å²) in [6.07, 6.45) is 32.4. The van der Waals surface area contributed by atoms with E-state index in [2.05, 4.69) is 90.0 Å². The first-order chi connectivity index (χ1) is 38.6. The van der Waals surface area contributed by atoms with Gasteiger partial charge in [0.2, 0.25) is 0 Å². The first-order valence-corrected chi connectivity index (χ1v) is 36.7. The minimum Gasteiger partial charge on any atom is -0.400 e. The van der Waals surface area contributed by atoms with Crippen molar-refractivity contribution in [1.82, 2.24) is 0 Å². The molecule has 10 aliphatic carbocycles. The number of benzene rings is 1. The Hall–Kier alpha value is -1.03. The second-order valence-corrected chi connectivity index (χ2v) is 38.0. The number of rotatable bonds is 10. The summed E-state index contributed by atoms with van der Waals surface area (Å²) in [4.78, 5) is 0.414. The first-order valence-electron chi connectivity index (χ1n) is 35.2. The van der Waals surface area contributed by atoms with Crippen molar-refractivity contribution >= 4 is 9.84 Å². The van der Waals surface area contributed by atoms with Crippen molar-refractivity contribution in [2.24, 2.45) is 115 Å². The van der Waals surface area contributed by atoms with E-state index in [0.717, 1.165) is 125 Å². The molecule has 0 heterocycles. The van der Waals surface area contributed by atoms with Gasteiger partial charge >= 0.3 is 0 Å². The topological polar surface area (TPSA) is 135 Å². The van der Waals surface area contributed by atoms with Crippen molar-refractivity contribution in [3.8, 4) is 0 Å². The molecule has 11 rings (SSSR count). The minimum absolute atomic E-state index is 0.0113. The summed E-state index contributed by atoms with van der Waals surface area (Å²) in [6.45, 7) is 33.3. The number of hydrogen-bond donors (Lipinski definition) is 5. The molecule has 10 fully saturated rings. The summed E-state index contributed by atoms with van der Waals surface area (Å²) in [5.74, 6) is 9.41. The maximum atomic E-state index is 14.6. The molecular formula is C75H128O7S. The molecule has 0 aliphatic heterocycles. The third-order valence-corrected chi connectivity index (χ3v) is 31.7. The highest BCUT2D eigenvalue weighted by Gasteiger charge is 2.64. The van der Waals surface area contributed by atoms with E-state index in [1.54, 1.807) is 12.1 Å². The zero-order valence-corrected chi connectivity index (χ0v) is 56.8. The minimum atomic E-state index is -3.63. The lowest BCUT2D eigenvalue weighted by atomic mass is 9.43. The largest absolute Gasteiger partial charge is 0.400 e. The Morgan fingerprint density at radius 2 is 0.892 bits per heavy atom. The molecule has 10 saturated carbocycles. The van der Waals surface area contributed by atoms with Crippen LogP contribution < -0.4 is 0 Å². The van der Waals surface area contributed by atoms with Crippen LogP contribution in [0.15, 0.2) is 35.2 Å². The van der Waals surface area contributed by atoms with Crippen molar-refractivity contribution in [2.45, 2.75) is 316 Å². The van der Waals surface area contributed by atoms with Crippen molar-refractivity contribution in [3.63, 3.8) is 0 Å². The monoisotopic (exact) mass is 1170 g/mol. The summed E-state index contributed by atoms with van der Waals surface area (Å²) in [5, 5.41) is 51.7. The molecule has 5 N–H and O–H groups in total. The molecule has 83 heavy (non-hydrogen) atoms. The normalized spacial score (nSPS) is 47.2. The standard InChI is InChI=1S/C40H64O4S.C34H60O2.CH4O/c1-27(35(45(43,44)30-11-9-8-10-12-30)26-40(42)21-17-28(18-22-40)36(2,3)4)32-15-16-33-31-14-13-29-25-37(5,41)23-24-38(29,6)34(31)19-20-39(32,33)7;1-23(12-17-34(36)18-13-24(14-19-34)30(2,3)4)27-10-11-28-26-9-8-25-22-31(5,35)20-21-32(25,6)29(26)15-16-33(27,28)7;1-2/h8-12,27-29,31-35,41-42H,13-26H2,1-7H3;23-29,35-36H,8-22H2,1-7H3;2H,1H3/t27-,28?,29-,31-,32+,33-,34-,35?,37-,38-,39+,40?;23-,24?,25+,26+,27-,28+,29+,31+,32+,33-,34?;/m01./s1. The molecule has 0 amide bonds. The quantitative estimate of drug-likeness (QED) is 0.157. The Balaban J connectivity index is 0.000000198. The zero-order valence-electron chi connectivity index (χ0n) is 56.0. The van der Waals surface area contributed by atoms with Crippen LogP contribution in [0.3, 0.4) is 0 Å². The van der Waals surface area contributed by atoms with Crippen LogP contribution in [0, 0.1) is 115 Å². The predicted octanol–water partition coefficient (Wildman–Crippen LogP) is 17.6. The Labute approximate surface area is 509 Å². The molecular weight excluding hydrogens is 1040 g/mol. The smallest absolute Gasteiger partial charge is 0.181 e. The number of aliphatic hydroxyl groups is 5. The fourth-order valence-corrected chi connectivity index (χ4v) is 26.1.